The van der Waals surface area contributed by atoms with Gasteiger partial charge in [-0.05, 0) is 6.92 Å². The lowest BCUT2D eigenvalue weighted by atomic mass is 10.5. The van der Waals surface area contributed by atoms with E-state index >= 15 is 0 Å². The third kappa shape index (κ3) is 3.03. The lowest BCUT2D eigenvalue weighted by Crippen LogP contribution is -2.23. The van der Waals surface area contributed by atoms with E-state index in [4.69, 9.17) is 5.11 Å². The summed E-state index contributed by atoms with van der Waals surface area (Å²) >= 11 is 1.08. The van der Waals surface area contributed by atoms with Crippen molar-refractivity contribution in [1.82, 2.24) is 19.3 Å². The Morgan fingerprint density at radius 2 is 2.20 bits per heavy atom. The zero-order chi connectivity index (χ0) is 14.9. The normalized spacial score (nSPS) is 11.7. The molecule has 0 bridgehead atoms. The molecule has 0 saturated carbocycles. The van der Waals surface area contributed by atoms with Crippen LogP contribution in [0.2, 0.25) is 0 Å². The van der Waals surface area contributed by atoms with Crippen LogP contribution in [0.5, 0.6) is 0 Å². The van der Waals surface area contributed by atoms with E-state index < -0.39 is 16.0 Å². The number of aryl methyl sites for hydroxylation is 2. The fraction of sp³-hybridized carbons (Fsp3) is 0.300. The van der Waals surface area contributed by atoms with E-state index in [1.807, 2.05) is 0 Å². The van der Waals surface area contributed by atoms with Crippen LogP contribution >= 0.6 is 11.3 Å². The summed E-state index contributed by atoms with van der Waals surface area (Å²) in [7, 11) is -2.04. The molecular formula is C10H12N4O4S2. The molecule has 2 aromatic rings. The van der Waals surface area contributed by atoms with Crippen molar-refractivity contribution in [2.45, 2.75) is 18.5 Å². The number of nitrogens with one attached hydrogen (secondary N) is 1. The van der Waals surface area contributed by atoms with E-state index in [-0.39, 0.29) is 17.3 Å². The molecule has 0 amide bonds. The number of hydrogen-bond donors (Lipinski definition) is 2. The monoisotopic (exact) mass is 316 g/mol. The maximum absolute atomic E-state index is 12.0. The first-order valence-corrected chi connectivity index (χ1v) is 7.83. The predicted molar refractivity (Wildman–Crippen MR) is 71.0 cm³/mol. The zero-order valence-corrected chi connectivity index (χ0v) is 12.3. The number of aromatic carboxylic acids is 1. The number of carbonyl (C=O) groups is 1. The highest BCUT2D eigenvalue weighted by molar-refractivity contribution is 7.89. The Morgan fingerprint density at radius 1 is 1.50 bits per heavy atom. The molecule has 20 heavy (non-hydrogen) atoms. The van der Waals surface area contributed by atoms with Crippen LogP contribution in [0.1, 0.15) is 21.3 Å². The van der Waals surface area contributed by atoms with Gasteiger partial charge in [0.15, 0.2) is 10.7 Å². The molecule has 2 heterocycles. The van der Waals surface area contributed by atoms with Crippen LogP contribution in [0.25, 0.3) is 0 Å². The molecule has 0 fully saturated rings. The number of carboxylic acid groups (broad SMARTS) is 1. The minimum atomic E-state index is -3.73. The van der Waals surface area contributed by atoms with Gasteiger partial charge in [0.2, 0.25) is 0 Å². The number of rotatable bonds is 5. The molecule has 0 aromatic carbocycles. The third-order valence-corrected chi connectivity index (χ3v) is 4.67. The molecule has 0 aliphatic carbocycles. The fourth-order valence-corrected chi connectivity index (χ4v) is 3.20. The lowest BCUT2D eigenvalue weighted by Gasteiger charge is -2.01. The number of sulfonamides is 1. The first-order valence-electron chi connectivity index (χ1n) is 5.47. The number of thiazole rings is 1. The van der Waals surface area contributed by atoms with Crippen LogP contribution in [0.3, 0.4) is 0 Å². The summed E-state index contributed by atoms with van der Waals surface area (Å²) in [6.07, 6.45) is 1.40. The van der Waals surface area contributed by atoms with E-state index in [9.17, 15) is 13.2 Å². The maximum atomic E-state index is 12.0. The molecule has 0 unspecified atom stereocenters. The van der Waals surface area contributed by atoms with Crippen LogP contribution in [-0.4, -0.2) is 34.0 Å². The summed E-state index contributed by atoms with van der Waals surface area (Å²) in [5.74, 6) is -0.566. The Labute approximate surface area is 119 Å². The minimum Gasteiger partial charge on any atom is -0.476 e. The van der Waals surface area contributed by atoms with Crippen LogP contribution in [0.15, 0.2) is 16.6 Å². The lowest BCUT2D eigenvalue weighted by molar-refractivity contribution is 0.0691. The van der Waals surface area contributed by atoms with Crippen LogP contribution in [-0.2, 0) is 23.6 Å². The van der Waals surface area contributed by atoms with Gasteiger partial charge in [0.1, 0.15) is 10.8 Å². The van der Waals surface area contributed by atoms with Gasteiger partial charge >= 0.3 is 5.97 Å². The molecule has 8 nitrogen and oxygen atoms in total. The van der Waals surface area contributed by atoms with Crippen molar-refractivity contribution in [3.8, 4) is 0 Å². The highest BCUT2D eigenvalue weighted by Crippen LogP contribution is 2.12. The smallest absolute Gasteiger partial charge is 0.355 e. The molecule has 0 spiro atoms. The molecule has 0 saturated heterocycles. The highest BCUT2D eigenvalue weighted by atomic mass is 32.2. The van der Waals surface area contributed by atoms with Gasteiger partial charge in [-0.15, -0.1) is 11.3 Å². The van der Waals surface area contributed by atoms with Crippen LogP contribution in [0, 0.1) is 6.92 Å². The van der Waals surface area contributed by atoms with Crippen molar-refractivity contribution < 1.29 is 18.3 Å². The average molecular weight is 316 g/mol. The molecule has 2 aromatic heterocycles. The summed E-state index contributed by atoms with van der Waals surface area (Å²) in [4.78, 5) is 18.4. The second kappa shape index (κ2) is 5.31. The molecule has 2 rings (SSSR count). The molecule has 0 atom stereocenters. The van der Waals surface area contributed by atoms with Gasteiger partial charge in [-0.1, -0.05) is 0 Å². The average Bonchev–Trinajstić information content (AvgIpc) is 2.95. The van der Waals surface area contributed by atoms with Gasteiger partial charge in [-0.25, -0.2) is 27.9 Å². The van der Waals surface area contributed by atoms with Crippen molar-refractivity contribution in [1.29, 1.82) is 0 Å². The van der Waals surface area contributed by atoms with Crippen molar-refractivity contribution in [2.75, 3.05) is 0 Å². The van der Waals surface area contributed by atoms with E-state index in [0.29, 0.717) is 10.8 Å². The van der Waals surface area contributed by atoms with E-state index in [0.717, 1.165) is 11.3 Å². The van der Waals surface area contributed by atoms with Crippen molar-refractivity contribution in [3.05, 3.63) is 28.1 Å². The van der Waals surface area contributed by atoms with E-state index in [1.54, 1.807) is 18.5 Å². The quantitative estimate of drug-likeness (QED) is 0.823. The topological polar surface area (TPSA) is 114 Å². The van der Waals surface area contributed by atoms with Crippen LogP contribution in [0.4, 0.5) is 0 Å². The molecule has 0 radical (unpaired) electrons. The van der Waals surface area contributed by atoms with Gasteiger partial charge in [0.05, 0.1) is 6.54 Å². The van der Waals surface area contributed by atoms with E-state index in [2.05, 4.69) is 14.7 Å². The first kappa shape index (κ1) is 14.6. The van der Waals surface area contributed by atoms with Gasteiger partial charge in [-0.2, -0.15) is 0 Å². The van der Waals surface area contributed by atoms with Crippen molar-refractivity contribution in [2.24, 2.45) is 7.05 Å². The summed E-state index contributed by atoms with van der Waals surface area (Å²) in [5, 5.41) is 10.4. The minimum absolute atomic E-state index is 0.0735. The SMILES string of the molecule is Cc1nc(S(=O)(=O)NCc2nc(C(=O)O)cs2)cn1C. The largest absolute Gasteiger partial charge is 0.476 e. The van der Waals surface area contributed by atoms with Gasteiger partial charge < -0.3 is 9.67 Å². The number of aromatic nitrogens is 3. The summed E-state index contributed by atoms with van der Waals surface area (Å²) in [6.45, 7) is 1.62. The van der Waals surface area contributed by atoms with E-state index in [1.165, 1.54) is 11.6 Å². The van der Waals surface area contributed by atoms with Crippen molar-refractivity contribution in [3.63, 3.8) is 0 Å². The zero-order valence-electron chi connectivity index (χ0n) is 10.7. The van der Waals surface area contributed by atoms with Gasteiger partial charge in [0, 0.05) is 18.6 Å². The number of hydrogen-bond acceptors (Lipinski definition) is 6. The van der Waals surface area contributed by atoms with Crippen molar-refractivity contribution >= 4 is 27.3 Å². The Morgan fingerprint density at radius 3 is 2.70 bits per heavy atom. The standard InChI is InChI=1S/C10H12N4O4S2/c1-6-12-9(4-14(6)2)20(17,18)11-3-8-13-7(5-19-8)10(15)16/h4-5,11H,3H2,1-2H3,(H,15,16). The molecule has 108 valence electrons. The second-order valence-electron chi connectivity index (χ2n) is 3.99. The fourth-order valence-electron chi connectivity index (χ4n) is 1.38. The molecule has 0 aliphatic rings. The molecule has 2 N–H and O–H groups in total. The number of carboxylic acids is 1. The Hall–Kier alpha value is -1.78. The predicted octanol–water partition coefficient (Wildman–Crippen LogP) is 0.362. The first-order chi connectivity index (χ1) is 9.29. The maximum Gasteiger partial charge on any atom is 0.355 e. The van der Waals surface area contributed by atoms with Crippen LogP contribution < -0.4 is 4.72 Å². The second-order valence-corrected chi connectivity index (χ2v) is 6.65. The highest BCUT2D eigenvalue weighted by Gasteiger charge is 2.19. The van der Waals surface area contributed by atoms with Gasteiger partial charge in [0.25, 0.3) is 10.0 Å². The summed E-state index contributed by atoms with van der Waals surface area (Å²) in [5.41, 5.74) is -0.0992. The molecule has 0 aliphatic heterocycles. The number of nitrogens with zero attached hydrogens (tertiary/aromatic N) is 3. The Balaban J connectivity index is 2.10. The summed E-state index contributed by atoms with van der Waals surface area (Å²) in [6, 6.07) is 0. The Kier molecular flexibility index (Phi) is 3.88. The Bertz CT molecular complexity index is 728. The third-order valence-electron chi connectivity index (χ3n) is 2.55. The van der Waals surface area contributed by atoms with Gasteiger partial charge in [-0.3, -0.25) is 0 Å². The molecule has 10 heteroatoms. The number of imidazole rings is 1. The summed E-state index contributed by atoms with van der Waals surface area (Å²) < 4.78 is 27.9. The molecular weight excluding hydrogens is 304 g/mol.